The monoisotopic (exact) mass is 220 g/mol. The predicted molar refractivity (Wildman–Crippen MR) is 59.5 cm³/mol. The number of amides is 1. The van der Waals surface area contributed by atoms with Crippen LogP contribution in [0.1, 0.15) is 20.3 Å². The molecule has 1 atom stereocenters. The molecule has 0 aliphatic carbocycles. The highest BCUT2D eigenvalue weighted by atomic mass is 32.2. The van der Waals surface area contributed by atoms with E-state index in [1.54, 1.807) is 14.1 Å². The fourth-order valence-corrected chi connectivity index (χ4v) is 2.29. The molecule has 0 aliphatic heterocycles. The first kappa shape index (κ1) is 13.6. The van der Waals surface area contributed by atoms with Crippen LogP contribution >= 0.6 is 0 Å². The summed E-state index contributed by atoms with van der Waals surface area (Å²) in [6.07, 6.45) is 0.329. The molecule has 1 amide bonds. The number of nitrogens with two attached hydrogens (primary N) is 1. The van der Waals surface area contributed by atoms with Gasteiger partial charge in [-0.2, -0.15) is 0 Å². The van der Waals surface area contributed by atoms with Crippen LogP contribution in [0.4, 0.5) is 0 Å². The van der Waals surface area contributed by atoms with Crippen molar-refractivity contribution in [1.29, 1.82) is 0 Å². The molecule has 84 valence electrons. The molecule has 0 saturated carbocycles. The molecule has 0 aromatic rings. The summed E-state index contributed by atoms with van der Waals surface area (Å²) >= 11 is 0. The Morgan fingerprint density at radius 3 is 2.29 bits per heavy atom. The van der Waals surface area contributed by atoms with Crippen molar-refractivity contribution in [3.8, 4) is 0 Å². The third kappa shape index (κ3) is 7.03. The van der Waals surface area contributed by atoms with E-state index < -0.39 is 16.3 Å². The van der Waals surface area contributed by atoms with E-state index in [0.29, 0.717) is 17.9 Å². The van der Waals surface area contributed by atoms with E-state index in [1.807, 2.05) is 13.8 Å². The molecule has 0 spiro atoms. The average Bonchev–Trinajstić information content (AvgIpc) is 1.96. The molecule has 0 rings (SSSR count). The van der Waals surface area contributed by atoms with Gasteiger partial charge in [0.15, 0.2) is 0 Å². The number of hydrogen-bond acceptors (Lipinski definition) is 3. The highest BCUT2D eigenvalue weighted by Crippen LogP contribution is 2.01. The van der Waals surface area contributed by atoms with E-state index in [4.69, 9.17) is 5.73 Å². The quantitative estimate of drug-likeness (QED) is 0.706. The van der Waals surface area contributed by atoms with Gasteiger partial charge in [0.1, 0.15) is 0 Å². The maximum Gasteiger partial charge on any atom is 0.222 e. The molecule has 2 N–H and O–H groups in total. The largest absolute Gasteiger partial charge is 0.349 e. The Morgan fingerprint density at radius 2 is 1.93 bits per heavy atom. The Labute approximate surface area is 88.3 Å². The Morgan fingerprint density at radius 1 is 1.43 bits per heavy atom. The lowest BCUT2D eigenvalue weighted by Gasteiger charge is -2.17. The van der Waals surface area contributed by atoms with E-state index in [1.165, 1.54) is 4.90 Å². The maximum absolute atomic E-state index is 11.4. The van der Waals surface area contributed by atoms with Gasteiger partial charge in [0.05, 0.1) is 0 Å². The average molecular weight is 220 g/mol. The lowest BCUT2D eigenvalue weighted by Crippen LogP contribution is -2.39. The molecule has 0 aromatic carbocycles. The summed E-state index contributed by atoms with van der Waals surface area (Å²) in [6, 6.07) is 0. The van der Waals surface area contributed by atoms with Crippen LogP contribution in [-0.2, 0) is 15.6 Å². The van der Waals surface area contributed by atoms with Crippen molar-refractivity contribution < 1.29 is 9.00 Å². The lowest BCUT2D eigenvalue weighted by molar-refractivity contribution is -0.128. The molecule has 14 heavy (non-hydrogen) atoms. The molecule has 0 aromatic heterocycles. The second-order valence-corrected chi connectivity index (χ2v) is 5.89. The van der Waals surface area contributed by atoms with Crippen LogP contribution in [0, 0.1) is 0 Å². The van der Waals surface area contributed by atoms with Crippen LogP contribution in [0.3, 0.4) is 0 Å². The second-order valence-electron chi connectivity index (χ2n) is 4.32. The third-order valence-corrected chi connectivity index (χ3v) is 3.30. The Hall–Kier alpha value is -0.420. The fraction of sp³-hybridized carbons (Fsp3) is 0.889. The van der Waals surface area contributed by atoms with Crippen molar-refractivity contribution >= 4 is 16.7 Å². The predicted octanol–water partition coefficient (Wildman–Crippen LogP) is -0.0493. The molecular formula is C9H20N2O2S. The van der Waals surface area contributed by atoms with Gasteiger partial charge >= 0.3 is 0 Å². The first-order valence-electron chi connectivity index (χ1n) is 4.56. The number of nitrogens with zero attached hydrogens (tertiary/aromatic N) is 1. The van der Waals surface area contributed by atoms with Crippen LogP contribution < -0.4 is 5.73 Å². The first-order chi connectivity index (χ1) is 6.22. The molecule has 5 heteroatoms. The zero-order valence-electron chi connectivity index (χ0n) is 9.37. The van der Waals surface area contributed by atoms with E-state index in [9.17, 15) is 9.00 Å². The van der Waals surface area contributed by atoms with Gasteiger partial charge in [0, 0.05) is 48.4 Å². The Kier molecular flexibility index (Phi) is 5.29. The lowest BCUT2D eigenvalue weighted by atomic mass is 10.1. The summed E-state index contributed by atoms with van der Waals surface area (Å²) in [5, 5.41) is 0. The first-order valence-corrected chi connectivity index (χ1v) is 6.05. The van der Waals surface area contributed by atoms with Crippen molar-refractivity contribution in [3.05, 3.63) is 0 Å². The van der Waals surface area contributed by atoms with Crippen molar-refractivity contribution in [1.82, 2.24) is 4.90 Å². The number of hydrogen-bond donors (Lipinski definition) is 1. The van der Waals surface area contributed by atoms with Gasteiger partial charge in [-0.1, -0.05) is 0 Å². The van der Waals surface area contributed by atoms with Crippen molar-refractivity contribution in [3.63, 3.8) is 0 Å². The summed E-state index contributed by atoms with van der Waals surface area (Å²) in [7, 11) is 2.39. The number of carbonyl (C=O) groups is 1. The zero-order chi connectivity index (χ0) is 11.4. The summed E-state index contributed by atoms with van der Waals surface area (Å²) in [6.45, 7) is 3.66. The molecule has 4 nitrogen and oxygen atoms in total. The molecule has 0 radical (unpaired) electrons. The SMILES string of the molecule is CN(C)C(=O)CCS(=O)CC(C)(C)N. The van der Waals surface area contributed by atoms with Gasteiger partial charge in [-0.25, -0.2) is 0 Å². The Bertz CT molecular complexity index is 221. The fourth-order valence-electron chi connectivity index (χ4n) is 0.912. The van der Waals surface area contributed by atoms with E-state index in [2.05, 4.69) is 0 Å². The van der Waals surface area contributed by atoms with Gasteiger partial charge < -0.3 is 10.6 Å². The standard InChI is InChI=1S/C9H20N2O2S/c1-9(2,10)7-14(13)6-5-8(12)11(3)4/h5-7,10H2,1-4H3. The van der Waals surface area contributed by atoms with Crippen LogP contribution in [-0.4, -0.2) is 46.2 Å². The Balaban J connectivity index is 3.81. The van der Waals surface area contributed by atoms with Gasteiger partial charge in [0.25, 0.3) is 0 Å². The van der Waals surface area contributed by atoms with E-state index >= 15 is 0 Å². The normalized spacial score (nSPS) is 13.8. The molecule has 0 heterocycles. The molecular weight excluding hydrogens is 200 g/mol. The molecule has 0 saturated heterocycles. The van der Waals surface area contributed by atoms with Crippen LogP contribution in [0.2, 0.25) is 0 Å². The van der Waals surface area contributed by atoms with E-state index in [0.717, 1.165) is 0 Å². The van der Waals surface area contributed by atoms with Crippen molar-refractivity contribution in [2.45, 2.75) is 25.8 Å². The summed E-state index contributed by atoms with van der Waals surface area (Å²) in [5.41, 5.74) is 5.29. The van der Waals surface area contributed by atoms with Crippen molar-refractivity contribution in [2.75, 3.05) is 25.6 Å². The van der Waals surface area contributed by atoms with Crippen LogP contribution in [0.25, 0.3) is 0 Å². The highest BCUT2D eigenvalue weighted by molar-refractivity contribution is 7.85. The summed E-state index contributed by atoms with van der Waals surface area (Å²) in [4.78, 5) is 12.7. The summed E-state index contributed by atoms with van der Waals surface area (Å²) < 4.78 is 11.4. The number of rotatable bonds is 5. The van der Waals surface area contributed by atoms with Gasteiger partial charge in [-0.15, -0.1) is 0 Å². The molecule has 0 fully saturated rings. The second kappa shape index (κ2) is 5.46. The van der Waals surface area contributed by atoms with Crippen molar-refractivity contribution in [2.24, 2.45) is 5.73 Å². The minimum atomic E-state index is -0.999. The van der Waals surface area contributed by atoms with Crippen LogP contribution in [0.5, 0.6) is 0 Å². The molecule has 0 aliphatic rings. The third-order valence-electron chi connectivity index (χ3n) is 1.58. The van der Waals surface area contributed by atoms with E-state index in [-0.39, 0.29) is 5.91 Å². The van der Waals surface area contributed by atoms with Gasteiger partial charge in [0.2, 0.25) is 5.91 Å². The highest BCUT2D eigenvalue weighted by Gasteiger charge is 2.16. The molecule has 0 bridgehead atoms. The van der Waals surface area contributed by atoms with Gasteiger partial charge in [-0.05, 0) is 13.8 Å². The minimum Gasteiger partial charge on any atom is -0.349 e. The maximum atomic E-state index is 11.4. The van der Waals surface area contributed by atoms with Crippen LogP contribution in [0.15, 0.2) is 0 Å². The summed E-state index contributed by atoms with van der Waals surface area (Å²) in [5.74, 6) is 0.846. The van der Waals surface area contributed by atoms with Gasteiger partial charge in [-0.3, -0.25) is 9.00 Å². The topological polar surface area (TPSA) is 63.4 Å². The number of carbonyl (C=O) groups excluding carboxylic acids is 1. The zero-order valence-corrected chi connectivity index (χ0v) is 10.2. The minimum absolute atomic E-state index is 0.00757. The molecule has 1 unspecified atom stereocenters. The smallest absolute Gasteiger partial charge is 0.222 e.